The van der Waals surface area contributed by atoms with Gasteiger partial charge in [0.2, 0.25) is 22.1 Å². The van der Waals surface area contributed by atoms with E-state index in [1.165, 1.54) is 65.5 Å². The van der Waals surface area contributed by atoms with Crippen molar-refractivity contribution in [1.82, 2.24) is 0 Å². The fraction of sp³-hybridized carbons (Fsp3) is 0.164. The molecule has 6 nitrogen and oxygen atoms in total. The van der Waals surface area contributed by atoms with Gasteiger partial charge in [0.15, 0.2) is 0 Å². The van der Waals surface area contributed by atoms with Crippen molar-refractivity contribution in [2.75, 3.05) is 19.6 Å². The molecule has 2 aromatic heterocycles. The third kappa shape index (κ3) is 11.5. The Balaban J connectivity index is 0.000000162. The first-order valence-corrected chi connectivity index (χ1v) is 26.1. The molecule has 0 amide bonds. The smallest absolute Gasteiger partial charge is 0.496 e. The van der Waals surface area contributed by atoms with Gasteiger partial charge in [0, 0.05) is 57.2 Å². The predicted molar refractivity (Wildman–Crippen MR) is 295 cm³/mol. The highest BCUT2D eigenvalue weighted by atomic mass is 79.9. The molecule has 2 aliphatic rings. The Morgan fingerprint density at radius 2 is 0.787 bits per heavy atom. The maximum absolute atomic E-state index is 9.75. The zero-order chi connectivity index (χ0) is 53.9. The number of benzene rings is 8. The summed E-state index contributed by atoms with van der Waals surface area (Å²) in [7, 11) is -8.55. The summed E-state index contributed by atoms with van der Waals surface area (Å²) in [4.78, 5) is 0. The molecule has 10 aromatic rings. The van der Waals surface area contributed by atoms with Crippen molar-refractivity contribution in [2.24, 2.45) is 0 Å². The third-order valence-electron chi connectivity index (χ3n) is 12.3. The topological polar surface area (TPSA) is 44.7 Å². The molecule has 0 unspecified atom stereocenters. The third-order valence-corrected chi connectivity index (χ3v) is 13.3. The fourth-order valence-electron chi connectivity index (χ4n) is 9.92. The molecular weight excluding hydrogens is 1160 g/mol. The maximum Gasteiger partial charge on any atom is 0.673 e. The number of fused-ring (bicyclic) bond motifs is 12. The van der Waals surface area contributed by atoms with Crippen LogP contribution in [0.25, 0.3) is 87.4 Å². The van der Waals surface area contributed by atoms with E-state index in [1.807, 2.05) is 36.4 Å². The van der Waals surface area contributed by atoms with Crippen molar-refractivity contribution in [1.29, 1.82) is 0 Å². The Morgan fingerprint density at radius 3 is 1.13 bits per heavy atom. The summed E-state index contributed by atoms with van der Waals surface area (Å²) in [5.74, 6) is 5.13. The molecule has 0 spiro atoms. The zero-order valence-electron chi connectivity index (χ0n) is 40.5. The van der Waals surface area contributed by atoms with E-state index in [9.17, 15) is 34.5 Å². The van der Waals surface area contributed by atoms with Crippen LogP contribution >= 0.6 is 55.1 Å². The molecule has 2 aliphatic heterocycles. The monoisotopic (exact) mass is 1200 g/mol. The number of halogens is 12. The molecule has 0 saturated carbocycles. The first-order valence-electron chi connectivity index (χ1n) is 23.4. The summed E-state index contributed by atoms with van der Waals surface area (Å²) in [5, 5.41) is 9.86. The van der Waals surface area contributed by atoms with Crippen LogP contribution in [0, 0.1) is 0 Å². The summed E-state index contributed by atoms with van der Waals surface area (Å²) in [6.45, 7) is 6.33. The van der Waals surface area contributed by atoms with E-state index in [2.05, 4.69) is 152 Å². The number of pyridine rings is 2. The number of hydrogen-bond donors (Lipinski definition) is 0. The lowest BCUT2D eigenvalue weighted by Gasteiger charge is -2.24. The van der Waals surface area contributed by atoms with Gasteiger partial charge in [0.1, 0.15) is 47.6 Å². The quantitative estimate of drug-likeness (QED) is 0.0416. The predicted octanol–water partition coefficient (Wildman–Crippen LogP) is 18.8. The first-order chi connectivity index (χ1) is 35.8. The van der Waals surface area contributed by atoms with E-state index >= 15 is 0 Å². The van der Waals surface area contributed by atoms with Gasteiger partial charge in [-0.2, -0.15) is 9.13 Å². The molecule has 20 heteroatoms. The Morgan fingerprint density at radius 1 is 0.453 bits per heavy atom. The Kier molecular flexibility index (Phi) is 16.9. The average molecular weight is 1200 g/mol. The molecule has 0 bridgehead atoms. The SMILES string of the molecule is CCC[n+]1c2cccc3c2c(c2c4ccc(Br)cc4ccc21)-c1c(OC)cccc1O3.CCC[n+]1c2cccc3c2c(c2c4ccc(Br)cc4ccc21)-c1c(OC)cccc1O3.ClCCl.F[B-](F)(F)F.F[B-](F)(F)F. The van der Waals surface area contributed by atoms with Crippen LogP contribution in [0.5, 0.6) is 34.5 Å². The fourth-order valence-corrected chi connectivity index (χ4v) is 10.7. The van der Waals surface area contributed by atoms with Gasteiger partial charge < -0.3 is 53.5 Å². The molecule has 0 fully saturated rings. The molecular formula is C55H44B2Br2Cl2F8N2O4. The minimum absolute atomic E-state index is 0.194. The Hall–Kier alpha value is -6.07. The van der Waals surface area contributed by atoms with E-state index in [0.717, 1.165) is 91.3 Å². The van der Waals surface area contributed by atoms with E-state index in [0.29, 0.717) is 0 Å². The Bertz CT molecular complexity index is 3540. The largest absolute Gasteiger partial charge is 0.673 e. The van der Waals surface area contributed by atoms with Crippen molar-refractivity contribution in [3.05, 3.63) is 142 Å². The number of hydrogen-bond acceptors (Lipinski definition) is 4. The van der Waals surface area contributed by atoms with Crippen LogP contribution in [0.4, 0.5) is 34.5 Å². The highest BCUT2D eigenvalue weighted by molar-refractivity contribution is 9.10. The standard InChI is InChI=1S/2C27H21BrNO2.CH2Cl2.2BF4/c2*1-3-14-29-19-6-4-8-22-25(19)27(26-21(30-2)7-5-9-23(26)31-22)24-18-12-11-17(28)15-16(18)10-13-20(24)29;2-1-3;2*2-1(3,4)5/h2*4-13,15H,3,14H2,1-2H3;1H2;;/q2*+1;;2*-1. The van der Waals surface area contributed by atoms with Crippen LogP contribution in [0.2, 0.25) is 0 Å². The highest BCUT2D eigenvalue weighted by Crippen LogP contribution is 2.55. The minimum Gasteiger partial charge on any atom is -0.496 e. The lowest BCUT2D eigenvalue weighted by Crippen LogP contribution is -2.36. The van der Waals surface area contributed by atoms with E-state index < -0.39 is 14.5 Å². The summed E-state index contributed by atoms with van der Waals surface area (Å²) >= 11 is 16.8. The van der Waals surface area contributed by atoms with Crippen LogP contribution < -0.4 is 28.1 Å². The first kappa shape index (κ1) is 55.2. The second-order valence-electron chi connectivity index (χ2n) is 17.0. The van der Waals surface area contributed by atoms with Crippen molar-refractivity contribution in [3.63, 3.8) is 0 Å². The van der Waals surface area contributed by atoms with Crippen molar-refractivity contribution >= 4 is 135 Å². The van der Waals surface area contributed by atoms with Crippen LogP contribution in [-0.4, -0.2) is 34.1 Å². The molecule has 8 aromatic carbocycles. The van der Waals surface area contributed by atoms with Crippen molar-refractivity contribution in [2.45, 2.75) is 39.8 Å². The Labute approximate surface area is 453 Å². The van der Waals surface area contributed by atoms with E-state index in [1.54, 1.807) is 14.2 Å². The van der Waals surface area contributed by atoms with Crippen LogP contribution in [0.1, 0.15) is 26.7 Å². The molecule has 4 heterocycles. The summed E-state index contributed by atoms with van der Waals surface area (Å²) in [6, 6.07) is 46.8. The van der Waals surface area contributed by atoms with Crippen LogP contribution in [-0.2, 0) is 13.1 Å². The average Bonchev–Trinajstić information content (AvgIpc) is 3.43. The zero-order valence-corrected chi connectivity index (χ0v) is 45.1. The normalized spacial score (nSPS) is 11.9. The van der Waals surface area contributed by atoms with Gasteiger partial charge >= 0.3 is 14.5 Å². The van der Waals surface area contributed by atoms with Gasteiger partial charge in [-0.3, -0.25) is 0 Å². The van der Waals surface area contributed by atoms with Crippen molar-refractivity contribution < 1.29 is 62.6 Å². The van der Waals surface area contributed by atoms with E-state index in [4.69, 9.17) is 42.1 Å². The number of nitrogens with zero attached hydrogens (tertiary/aromatic N) is 2. The van der Waals surface area contributed by atoms with Gasteiger partial charge in [0.25, 0.3) is 0 Å². The summed E-state index contributed by atoms with van der Waals surface area (Å²) in [6.07, 6.45) is 2.11. The maximum atomic E-state index is 9.75. The van der Waals surface area contributed by atoms with Gasteiger partial charge in [-0.25, -0.2) is 0 Å². The molecule has 12 rings (SSSR count). The van der Waals surface area contributed by atoms with Crippen LogP contribution in [0.3, 0.4) is 0 Å². The lowest BCUT2D eigenvalue weighted by atomic mass is 9.89. The number of ether oxygens (including phenoxy) is 4. The summed E-state index contributed by atoms with van der Waals surface area (Å²) in [5.41, 5.74) is 9.28. The number of rotatable bonds is 6. The van der Waals surface area contributed by atoms with Gasteiger partial charge in [-0.15, -0.1) is 23.2 Å². The lowest BCUT2D eigenvalue weighted by molar-refractivity contribution is -0.645. The van der Waals surface area contributed by atoms with Gasteiger partial charge in [0.05, 0.1) is 52.2 Å². The highest BCUT2D eigenvalue weighted by Gasteiger charge is 2.34. The summed E-state index contributed by atoms with van der Waals surface area (Å²) < 4.78 is 109. The number of alkyl halides is 2. The molecule has 0 aliphatic carbocycles. The molecule has 0 saturated heterocycles. The van der Waals surface area contributed by atoms with Crippen LogP contribution in [0.15, 0.2) is 142 Å². The molecule has 388 valence electrons. The second-order valence-corrected chi connectivity index (χ2v) is 19.6. The molecule has 0 N–H and O–H groups in total. The molecule has 0 atom stereocenters. The number of aromatic nitrogens is 2. The van der Waals surface area contributed by atoms with Gasteiger partial charge in [-0.1, -0.05) is 82.1 Å². The number of methoxy groups -OCH3 is 2. The number of aryl methyl sites for hydroxylation is 2. The van der Waals surface area contributed by atoms with Gasteiger partial charge in [-0.05, 0) is 94.3 Å². The van der Waals surface area contributed by atoms with Crippen molar-refractivity contribution in [3.8, 4) is 56.8 Å². The molecule has 0 radical (unpaired) electrons. The second kappa shape index (κ2) is 23.0. The molecule has 75 heavy (non-hydrogen) atoms. The minimum atomic E-state index is -6.00. The van der Waals surface area contributed by atoms with E-state index in [-0.39, 0.29) is 5.34 Å².